The summed E-state index contributed by atoms with van der Waals surface area (Å²) in [5.41, 5.74) is 0.505. The maximum absolute atomic E-state index is 12.0. The van der Waals surface area contributed by atoms with E-state index >= 15 is 0 Å². The van der Waals surface area contributed by atoms with Crippen LogP contribution in [0.5, 0.6) is 0 Å². The molecule has 0 bridgehead atoms. The van der Waals surface area contributed by atoms with Gasteiger partial charge in [0.1, 0.15) is 4.21 Å². The second kappa shape index (κ2) is 6.19. The van der Waals surface area contributed by atoms with Gasteiger partial charge in [0.2, 0.25) is 0 Å². The van der Waals surface area contributed by atoms with E-state index in [0.717, 1.165) is 17.6 Å². The molecule has 0 saturated heterocycles. The first kappa shape index (κ1) is 16.7. The molecule has 1 N–H and O–H groups in total. The van der Waals surface area contributed by atoms with Crippen LogP contribution in [0.3, 0.4) is 0 Å². The molecule has 1 aromatic heterocycles. The molecule has 9 heteroatoms. The molecular formula is C13H13NO5S3. The van der Waals surface area contributed by atoms with Crippen molar-refractivity contribution in [3.05, 3.63) is 52.9 Å². The molecule has 118 valence electrons. The molecule has 1 aromatic carbocycles. The lowest BCUT2D eigenvalue weighted by Crippen LogP contribution is -2.30. The van der Waals surface area contributed by atoms with Crippen molar-refractivity contribution in [3.8, 4) is 0 Å². The van der Waals surface area contributed by atoms with Crippen LogP contribution >= 0.6 is 11.3 Å². The highest BCUT2D eigenvalue weighted by atomic mass is 32.2. The van der Waals surface area contributed by atoms with Gasteiger partial charge in [-0.15, -0.1) is 11.3 Å². The number of benzene rings is 1. The fraction of sp³-hybridized carbons (Fsp3) is 0.154. The van der Waals surface area contributed by atoms with Gasteiger partial charge < -0.3 is 0 Å². The first-order valence-corrected chi connectivity index (χ1v) is 10.5. The molecule has 0 radical (unpaired) electrons. The predicted molar refractivity (Wildman–Crippen MR) is 84.0 cm³/mol. The van der Waals surface area contributed by atoms with Gasteiger partial charge in [-0.25, -0.2) is 21.6 Å². The summed E-state index contributed by atoms with van der Waals surface area (Å²) in [5.74, 6) is -1.02. The molecule has 1 heterocycles. The fourth-order valence-electron chi connectivity index (χ4n) is 1.75. The number of nitrogens with one attached hydrogen (secondary N) is 1. The Balaban J connectivity index is 2.22. The molecule has 2 rings (SSSR count). The number of hydrogen-bond donors (Lipinski definition) is 1. The highest BCUT2D eigenvalue weighted by Gasteiger charge is 2.19. The molecule has 0 aliphatic rings. The highest BCUT2D eigenvalue weighted by Crippen LogP contribution is 2.16. The van der Waals surface area contributed by atoms with Crippen LogP contribution in [0.4, 0.5) is 0 Å². The number of hydrogen-bond acceptors (Lipinski definition) is 6. The van der Waals surface area contributed by atoms with Crippen molar-refractivity contribution in [2.24, 2.45) is 0 Å². The van der Waals surface area contributed by atoms with Crippen LogP contribution in [0, 0.1) is 0 Å². The Kier molecular flexibility index (Phi) is 4.69. The second-order valence-electron chi connectivity index (χ2n) is 4.64. The Bertz CT molecular complexity index is 884. The third-order valence-corrected chi connectivity index (χ3v) is 6.19. The van der Waals surface area contributed by atoms with Gasteiger partial charge in [0.05, 0.1) is 5.75 Å². The minimum Gasteiger partial charge on any atom is -0.268 e. The van der Waals surface area contributed by atoms with Gasteiger partial charge in [-0.1, -0.05) is 18.2 Å². The van der Waals surface area contributed by atoms with E-state index in [1.807, 2.05) is 4.72 Å². The summed E-state index contributed by atoms with van der Waals surface area (Å²) in [7, 11) is -7.15. The largest absolute Gasteiger partial charge is 0.273 e. The Morgan fingerprint density at radius 1 is 1.14 bits per heavy atom. The Morgan fingerprint density at radius 3 is 2.45 bits per heavy atom. The summed E-state index contributed by atoms with van der Waals surface area (Å²) >= 11 is 0.996. The zero-order valence-corrected chi connectivity index (χ0v) is 14.0. The molecule has 0 atom stereocenters. The first-order valence-electron chi connectivity index (χ1n) is 6.05. The molecular weight excluding hydrogens is 346 g/mol. The number of thiophene rings is 1. The zero-order chi connectivity index (χ0) is 16.4. The van der Waals surface area contributed by atoms with E-state index in [-0.39, 0.29) is 15.5 Å². The van der Waals surface area contributed by atoms with Gasteiger partial charge in [-0.2, -0.15) is 0 Å². The van der Waals surface area contributed by atoms with Crippen molar-refractivity contribution in [2.45, 2.75) is 9.96 Å². The van der Waals surface area contributed by atoms with Crippen molar-refractivity contribution >= 4 is 37.1 Å². The molecule has 0 unspecified atom stereocenters. The normalized spacial score (nSPS) is 12.0. The molecule has 6 nitrogen and oxygen atoms in total. The predicted octanol–water partition coefficient (Wildman–Crippen LogP) is 1.41. The maximum atomic E-state index is 12.0. The van der Waals surface area contributed by atoms with Crippen LogP contribution in [0.1, 0.15) is 15.9 Å². The minimum absolute atomic E-state index is 0.0353. The first-order chi connectivity index (χ1) is 10.2. The summed E-state index contributed by atoms with van der Waals surface area (Å²) in [6, 6.07) is 8.81. The van der Waals surface area contributed by atoms with Gasteiger partial charge in [0.25, 0.3) is 15.9 Å². The monoisotopic (exact) mass is 359 g/mol. The number of amides is 1. The van der Waals surface area contributed by atoms with Gasteiger partial charge in [0, 0.05) is 11.8 Å². The van der Waals surface area contributed by atoms with E-state index in [2.05, 4.69) is 0 Å². The summed E-state index contributed by atoms with van der Waals surface area (Å²) in [5, 5.41) is 1.59. The molecule has 0 spiro atoms. The van der Waals surface area contributed by atoms with Crippen molar-refractivity contribution in [1.82, 2.24) is 4.72 Å². The number of sulfonamides is 1. The number of carbonyl (C=O) groups excluding carboxylic acids is 1. The SMILES string of the molecule is CS(=O)(=O)Cc1cccc(C(=O)NS(=O)(=O)c2cccs2)c1. The smallest absolute Gasteiger partial charge is 0.268 e. The lowest BCUT2D eigenvalue weighted by molar-refractivity contribution is 0.0981. The van der Waals surface area contributed by atoms with Crippen molar-refractivity contribution < 1.29 is 21.6 Å². The van der Waals surface area contributed by atoms with E-state index in [9.17, 15) is 21.6 Å². The highest BCUT2D eigenvalue weighted by molar-refractivity contribution is 7.92. The van der Waals surface area contributed by atoms with Crippen molar-refractivity contribution in [2.75, 3.05) is 6.26 Å². The lowest BCUT2D eigenvalue weighted by atomic mass is 10.1. The fourth-order valence-corrected chi connectivity index (χ4v) is 4.50. The Morgan fingerprint density at radius 2 is 1.86 bits per heavy atom. The van der Waals surface area contributed by atoms with Crippen LogP contribution in [0.25, 0.3) is 0 Å². The van der Waals surface area contributed by atoms with Gasteiger partial charge in [-0.05, 0) is 29.1 Å². The number of carbonyl (C=O) groups is 1. The topological polar surface area (TPSA) is 97.4 Å². The maximum Gasteiger partial charge on any atom is 0.273 e. The van der Waals surface area contributed by atoms with Crippen LogP contribution in [0.2, 0.25) is 0 Å². The van der Waals surface area contributed by atoms with Crippen LogP contribution in [-0.4, -0.2) is 29.0 Å². The van der Waals surface area contributed by atoms with Gasteiger partial charge >= 0.3 is 0 Å². The molecule has 2 aromatic rings. The Labute approximate surface area is 132 Å². The van der Waals surface area contributed by atoms with Crippen LogP contribution in [0.15, 0.2) is 46.0 Å². The molecule has 0 aliphatic carbocycles. The van der Waals surface area contributed by atoms with E-state index in [1.165, 1.54) is 24.3 Å². The quantitative estimate of drug-likeness (QED) is 0.870. The third kappa shape index (κ3) is 4.39. The molecule has 22 heavy (non-hydrogen) atoms. The number of rotatable bonds is 5. The van der Waals surface area contributed by atoms with Crippen molar-refractivity contribution in [3.63, 3.8) is 0 Å². The minimum atomic E-state index is -3.91. The lowest BCUT2D eigenvalue weighted by Gasteiger charge is -2.06. The zero-order valence-electron chi connectivity index (χ0n) is 11.5. The standard InChI is InChI=1S/C13H13NO5S3/c1-21(16,17)9-10-4-2-5-11(8-10)13(15)14-22(18,19)12-6-3-7-20-12/h2-8H,9H2,1H3,(H,14,15). The second-order valence-corrected chi connectivity index (χ2v) is 9.63. The average molecular weight is 359 g/mol. The van der Waals surface area contributed by atoms with Gasteiger partial charge in [-0.3, -0.25) is 4.79 Å². The van der Waals surface area contributed by atoms with E-state index in [1.54, 1.807) is 17.5 Å². The Hall–Kier alpha value is -1.71. The third-order valence-electron chi connectivity index (χ3n) is 2.61. The molecule has 0 aliphatic heterocycles. The summed E-state index contributed by atoms with van der Waals surface area (Å²) in [4.78, 5) is 12.0. The number of sulfone groups is 1. The van der Waals surface area contributed by atoms with E-state index in [0.29, 0.717) is 5.56 Å². The summed E-state index contributed by atoms with van der Waals surface area (Å²) in [6.45, 7) is 0. The summed E-state index contributed by atoms with van der Waals surface area (Å²) in [6.07, 6.45) is 1.08. The molecule has 0 saturated carbocycles. The van der Waals surface area contributed by atoms with Crippen molar-refractivity contribution in [1.29, 1.82) is 0 Å². The average Bonchev–Trinajstić information content (AvgIpc) is 2.91. The summed E-state index contributed by atoms with van der Waals surface area (Å²) < 4.78 is 48.5. The molecule has 1 amide bonds. The van der Waals surface area contributed by atoms with E-state index in [4.69, 9.17) is 0 Å². The van der Waals surface area contributed by atoms with Gasteiger partial charge in [0.15, 0.2) is 9.84 Å². The molecule has 0 fully saturated rings. The van der Waals surface area contributed by atoms with E-state index < -0.39 is 25.8 Å². The van der Waals surface area contributed by atoms with Crippen LogP contribution in [-0.2, 0) is 25.6 Å². The van der Waals surface area contributed by atoms with Crippen LogP contribution < -0.4 is 4.72 Å².